The molecule has 0 heterocycles. The SMILES string of the molecule is CCC(CN)C(=O)N(C)C1C2CC3CC(C2)CC1C3. The van der Waals surface area contributed by atoms with Gasteiger partial charge in [-0.2, -0.15) is 0 Å². The van der Waals surface area contributed by atoms with Crippen molar-refractivity contribution in [1.29, 1.82) is 0 Å². The van der Waals surface area contributed by atoms with Crippen LogP contribution in [0.3, 0.4) is 0 Å². The van der Waals surface area contributed by atoms with Crippen LogP contribution in [-0.2, 0) is 4.79 Å². The molecular weight excluding hydrogens is 236 g/mol. The molecule has 0 saturated heterocycles. The normalized spacial score (nSPS) is 41.3. The highest BCUT2D eigenvalue weighted by atomic mass is 16.2. The summed E-state index contributed by atoms with van der Waals surface area (Å²) in [4.78, 5) is 14.7. The van der Waals surface area contributed by atoms with E-state index in [2.05, 4.69) is 11.8 Å². The highest BCUT2D eigenvalue weighted by Gasteiger charge is 2.50. The first-order chi connectivity index (χ1) is 9.13. The van der Waals surface area contributed by atoms with Gasteiger partial charge < -0.3 is 10.6 Å². The Morgan fingerprint density at radius 3 is 2.11 bits per heavy atom. The van der Waals surface area contributed by atoms with Crippen LogP contribution < -0.4 is 5.73 Å². The van der Waals surface area contributed by atoms with Gasteiger partial charge >= 0.3 is 0 Å². The van der Waals surface area contributed by atoms with E-state index in [4.69, 9.17) is 5.73 Å². The number of nitrogens with zero attached hydrogens (tertiary/aromatic N) is 1. The average Bonchev–Trinajstić information content (AvgIpc) is 2.38. The largest absolute Gasteiger partial charge is 0.342 e. The smallest absolute Gasteiger partial charge is 0.226 e. The molecule has 2 N–H and O–H groups in total. The molecule has 0 aromatic carbocycles. The van der Waals surface area contributed by atoms with E-state index in [0.29, 0.717) is 18.5 Å². The van der Waals surface area contributed by atoms with Crippen molar-refractivity contribution in [2.24, 2.45) is 35.3 Å². The van der Waals surface area contributed by atoms with Gasteiger partial charge in [0.05, 0.1) is 5.92 Å². The Morgan fingerprint density at radius 2 is 1.68 bits per heavy atom. The predicted molar refractivity (Wildman–Crippen MR) is 76.4 cm³/mol. The Morgan fingerprint density at radius 1 is 1.16 bits per heavy atom. The molecule has 4 saturated carbocycles. The van der Waals surface area contributed by atoms with Crippen molar-refractivity contribution in [2.45, 2.75) is 51.5 Å². The van der Waals surface area contributed by atoms with Crippen molar-refractivity contribution in [3.8, 4) is 0 Å². The molecule has 3 nitrogen and oxygen atoms in total. The molecule has 1 amide bonds. The highest BCUT2D eigenvalue weighted by molar-refractivity contribution is 5.79. The lowest BCUT2D eigenvalue weighted by Crippen LogP contribution is -2.57. The third kappa shape index (κ3) is 2.20. The monoisotopic (exact) mass is 264 g/mol. The van der Waals surface area contributed by atoms with Crippen LogP contribution in [0.5, 0.6) is 0 Å². The fourth-order valence-corrected chi connectivity index (χ4v) is 5.41. The van der Waals surface area contributed by atoms with Crippen LogP contribution >= 0.6 is 0 Å². The minimum Gasteiger partial charge on any atom is -0.342 e. The Labute approximate surface area is 116 Å². The minimum atomic E-state index is 0.0298. The van der Waals surface area contributed by atoms with Gasteiger partial charge in [0.15, 0.2) is 0 Å². The second kappa shape index (κ2) is 5.08. The zero-order valence-electron chi connectivity index (χ0n) is 12.3. The molecule has 4 aliphatic rings. The van der Waals surface area contributed by atoms with Gasteiger partial charge in [-0.15, -0.1) is 0 Å². The summed E-state index contributed by atoms with van der Waals surface area (Å²) >= 11 is 0. The maximum Gasteiger partial charge on any atom is 0.226 e. The summed E-state index contributed by atoms with van der Waals surface area (Å²) < 4.78 is 0. The molecule has 19 heavy (non-hydrogen) atoms. The molecule has 3 heteroatoms. The highest BCUT2D eigenvalue weighted by Crippen LogP contribution is 2.55. The molecule has 4 aliphatic carbocycles. The van der Waals surface area contributed by atoms with Crippen molar-refractivity contribution in [2.75, 3.05) is 13.6 Å². The van der Waals surface area contributed by atoms with Crippen LogP contribution in [0.2, 0.25) is 0 Å². The third-order valence-corrected chi connectivity index (χ3v) is 6.10. The molecule has 0 aromatic rings. The zero-order chi connectivity index (χ0) is 13.6. The van der Waals surface area contributed by atoms with Gasteiger partial charge in [-0.25, -0.2) is 0 Å². The standard InChI is InChI=1S/C16H28N2O/c1-3-12(9-17)16(19)18(2)15-13-5-10-4-11(7-13)8-14(15)6-10/h10-15H,3-9,17H2,1-2H3. The number of rotatable bonds is 4. The van der Waals surface area contributed by atoms with Gasteiger partial charge in [-0.1, -0.05) is 6.92 Å². The molecule has 4 fully saturated rings. The van der Waals surface area contributed by atoms with Crippen LogP contribution in [0, 0.1) is 29.6 Å². The molecule has 4 bridgehead atoms. The van der Waals surface area contributed by atoms with Crippen LogP contribution in [0.15, 0.2) is 0 Å². The van der Waals surface area contributed by atoms with Gasteiger partial charge in [0.1, 0.15) is 0 Å². The van der Waals surface area contributed by atoms with Crippen LogP contribution in [0.1, 0.15) is 45.4 Å². The van der Waals surface area contributed by atoms with Gasteiger partial charge in [-0.05, 0) is 62.2 Å². The summed E-state index contributed by atoms with van der Waals surface area (Å²) in [5, 5.41) is 0. The quantitative estimate of drug-likeness (QED) is 0.846. The summed E-state index contributed by atoms with van der Waals surface area (Å²) in [5.74, 6) is 3.82. The minimum absolute atomic E-state index is 0.0298. The van der Waals surface area contributed by atoms with Crippen LogP contribution in [0.25, 0.3) is 0 Å². The first-order valence-corrected chi connectivity index (χ1v) is 8.10. The third-order valence-electron chi connectivity index (χ3n) is 6.10. The second-order valence-corrected chi connectivity index (χ2v) is 7.21. The number of hydrogen-bond acceptors (Lipinski definition) is 2. The maximum absolute atomic E-state index is 12.6. The molecule has 0 aliphatic heterocycles. The Hall–Kier alpha value is -0.570. The van der Waals surface area contributed by atoms with E-state index in [0.717, 1.165) is 30.1 Å². The fourth-order valence-electron chi connectivity index (χ4n) is 5.41. The average molecular weight is 264 g/mol. The fraction of sp³-hybridized carbons (Fsp3) is 0.938. The first kappa shape index (κ1) is 13.4. The van der Waals surface area contributed by atoms with Crippen LogP contribution in [-0.4, -0.2) is 30.4 Å². The van der Waals surface area contributed by atoms with Gasteiger partial charge in [0.2, 0.25) is 5.91 Å². The number of hydrogen-bond donors (Lipinski definition) is 1. The molecule has 0 radical (unpaired) electrons. The van der Waals surface area contributed by atoms with Crippen molar-refractivity contribution in [3.63, 3.8) is 0 Å². The van der Waals surface area contributed by atoms with E-state index < -0.39 is 0 Å². The lowest BCUT2D eigenvalue weighted by atomic mass is 9.54. The second-order valence-electron chi connectivity index (χ2n) is 7.21. The summed E-state index contributed by atoms with van der Waals surface area (Å²) in [6.07, 6.45) is 7.82. The van der Waals surface area contributed by atoms with E-state index in [1.165, 1.54) is 32.1 Å². The summed E-state index contributed by atoms with van der Waals surface area (Å²) in [7, 11) is 2.04. The summed E-state index contributed by atoms with van der Waals surface area (Å²) in [6, 6.07) is 0.515. The number of amides is 1. The summed E-state index contributed by atoms with van der Waals surface area (Å²) in [5.41, 5.74) is 5.75. The van der Waals surface area contributed by atoms with E-state index in [9.17, 15) is 4.79 Å². The predicted octanol–water partition coefficient (Wildman–Crippen LogP) is 2.25. The Balaban J connectivity index is 1.73. The van der Waals surface area contributed by atoms with Gasteiger partial charge in [0, 0.05) is 19.6 Å². The van der Waals surface area contributed by atoms with Gasteiger partial charge in [0.25, 0.3) is 0 Å². The molecule has 4 rings (SSSR count). The van der Waals surface area contributed by atoms with E-state index in [1.807, 2.05) is 7.05 Å². The topological polar surface area (TPSA) is 46.3 Å². The maximum atomic E-state index is 12.6. The number of carbonyl (C=O) groups excluding carboxylic acids is 1. The zero-order valence-corrected chi connectivity index (χ0v) is 12.3. The number of nitrogens with two attached hydrogens (primary N) is 1. The van der Waals surface area contributed by atoms with Crippen molar-refractivity contribution in [3.05, 3.63) is 0 Å². The lowest BCUT2D eigenvalue weighted by Gasteiger charge is -2.56. The van der Waals surface area contributed by atoms with E-state index >= 15 is 0 Å². The van der Waals surface area contributed by atoms with E-state index in [1.54, 1.807) is 0 Å². The molecular formula is C16H28N2O. The van der Waals surface area contributed by atoms with Gasteiger partial charge in [-0.3, -0.25) is 4.79 Å². The lowest BCUT2D eigenvalue weighted by molar-refractivity contribution is -0.145. The van der Waals surface area contributed by atoms with Crippen molar-refractivity contribution in [1.82, 2.24) is 4.90 Å². The molecule has 108 valence electrons. The Kier molecular flexibility index (Phi) is 3.59. The van der Waals surface area contributed by atoms with Crippen molar-refractivity contribution < 1.29 is 4.79 Å². The first-order valence-electron chi connectivity index (χ1n) is 8.10. The van der Waals surface area contributed by atoms with Crippen molar-refractivity contribution >= 4 is 5.91 Å². The molecule has 1 atom stereocenters. The number of carbonyl (C=O) groups is 1. The van der Waals surface area contributed by atoms with Crippen LogP contribution in [0.4, 0.5) is 0 Å². The molecule has 0 spiro atoms. The van der Waals surface area contributed by atoms with E-state index in [-0.39, 0.29) is 5.92 Å². The Bertz CT molecular complexity index is 323. The molecule has 1 unspecified atom stereocenters. The summed E-state index contributed by atoms with van der Waals surface area (Å²) in [6.45, 7) is 2.56. The molecule has 0 aromatic heterocycles.